The van der Waals surface area contributed by atoms with Crippen molar-refractivity contribution < 1.29 is 26.7 Å². The fourth-order valence-electron chi connectivity index (χ4n) is 2.52. The van der Waals surface area contributed by atoms with Crippen molar-refractivity contribution in [2.45, 2.75) is 39.3 Å². The maximum Gasteiger partial charge on any atom is 0.387 e. The number of benzene rings is 1. The van der Waals surface area contributed by atoms with E-state index in [-0.39, 0.29) is 17.1 Å². The van der Waals surface area contributed by atoms with Gasteiger partial charge in [-0.1, -0.05) is 6.07 Å². The van der Waals surface area contributed by atoms with E-state index in [9.17, 15) is 22.0 Å². The van der Waals surface area contributed by atoms with Crippen molar-refractivity contribution in [2.24, 2.45) is 0 Å². The molecule has 1 aromatic rings. The third-order valence-corrected chi connectivity index (χ3v) is 5.39. The van der Waals surface area contributed by atoms with Crippen LogP contribution < -0.4 is 14.8 Å². The van der Waals surface area contributed by atoms with Gasteiger partial charge in [-0.25, -0.2) is 8.42 Å². The quantitative estimate of drug-likeness (QED) is 0.765. The second kappa shape index (κ2) is 7.92. The molecule has 0 saturated carbocycles. The number of ether oxygens (including phenoxy) is 1. The van der Waals surface area contributed by atoms with Gasteiger partial charge in [0.05, 0.1) is 10.9 Å². The topological polar surface area (TPSA) is 84.5 Å². The van der Waals surface area contributed by atoms with E-state index in [1.165, 1.54) is 31.2 Å². The van der Waals surface area contributed by atoms with E-state index in [2.05, 4.69) is 14.8 Å². The van der Waals surface area contributed by atoms with Crippen LogP contribution in [0.3, 0.4) is 0 Å². The number of hydrogen-bond acceptors (Lipinski definition) is 4. The first-order chi connectivity index (χ1) is 11.7. The number of nitrogens with one attached hydrogen (secondary N) is 2. The minimum Gasteiger partial charge on any atom is -0.435 e. The summed E-state index contributed by atoms with van der Waals surface area (Å²) in [5.41, 5.74) is 1.35. The van der Waals surface area contributed by atoms with Gasteiger partial charge in [0.2, 0.25) is 15.9 Å². The molecule has 1 unspecified atom stereocenters. The zero-order valence-electron chi connectivity index (χ0n) is 13.9. The highest BCUT2D eigenvalue weighted by Crippen LogP contribution is 2.30. The summed E-state index contributed by atoms with van der Waals surface area (Å²) in [6.45, 7) is 0.705. The zero-order chi connectivity index (χ0) is 18.6. The number of aryl methyl sites for hydroxylation is 1. The number of amides is 1. The second-order valence-electron chi connectivity index (χ2n) is 5.59. The Bertz CT molecular complexity index is 778. The van der Waals surface area contributed by atoms with E-state index >= 15 is 0 Å². The normalized spacial score (nSPS) is 15.3. The van der Waals surface area contributed by atoms with Gasteiger partial charge in [-0.15, -0.1) is 0 Å². The van der Waals surface area contributed by atoms with Gasteiger partial charge >= 0.3 is 6.61 Å². The summed E-state index contributed by atoms with van der Waals surface area (Å²) >= 11 is 0. The van der Waals surface area contributed by atoms with Gasteiger partial charge in [-0.3, -0.25) is 4.79 Å². The van der Waals surface area contributed by atoms with Crippen molar-refractivity contribution in [3.05, 3.63) is 34.2 Å². The number of fused-ring (bicyclic) bond motifs is 1. The van der Waals surface area contributed by atoms with Crippen molar-refractivity contribution >= 4 is 22.0 Å². The summed E-state index contributed by atoms with van der Waals surface area (Å²) in [6.07, 6.45) is 2.07. The lowest BCUT2D eigenvalue weighted by atomic mass is 9.97. The summed E-state index contributed by atoms with van der Waals surface area (Å²) in [5, 5.41) is 2.55. The number of carbonyl (C=O) groups is 1. The molecule has 0 heterocycles. The van der Waals surface area contributed by atoms with Gasteiger partial charge in [-0.2, -0.15) is 13.5 Å². The molecule has 1 amide bonds. The maximum absolute atomic E-state index is 12.4. The predicted octanol–water partition coefficient (Wildman–Crippen LogP) is 2.02. The molecule has 9 heteroatoms. The van der Waals surface area contributed by atoms with Crippen LogP contribution >= 0.6 is 0 Å². The van der Waals surface area contributed by atoms with E-state index in [0.29, 0.717) is 18.5 Å². The SMILES string of the molecule is CCNC(=O)C(C)NS(=O)(=O)C1=Cc2ccc(OC(F)F)cc2CC1. The fourth-order valence-corrected chi connectivity index (χ4v) is 3.90. The molecular weight excluding hydrogens is 354 g/mol. The summed E-state index contributed by atoms with van der Waals surface area (Å²) in [4.78, 5) is 11.8. The van der Waals surface area contributed by atoms with Gasteiger partial charge in [0.1, 0.15) is 5.75 Å². The van der Waals surface area contributed by atoms with Crippen LogP contribution in [0.15, 0.2) is 23.1 Å². The van der Waals surface area contributed by atoms with Crippen molar-refractivity contribution in [2.75, 3.05) is 6.54 Å². The first-order valence-electron chi connectivity index (χ1n) is 7.81. The molecular formula is C16H20F2N2O4S. The first-order valence-corrected chi connectivity index (χ1v) is 9.29. The molecule has 1 aromatic carbocycles. The van der Waals surface area contributed by atoms with Crippen LogP contribution in [0, 0.1) is 0 Å². The smallest absolute Gasteiger partial charge is 0.387 e. The Hall–Kier alpha value is -2.00. The molecule has 1 atom stereocenters. The number of alkyl halides is 2. The number of hydrogen-bond donors (Lipinski definition) is 2. The fraction of sp³-hybridized carbons (Fsp3) is 0.438. The van der Waals surface area contributed by atoms with Crippen molar-refractivity contribution in [3.63, 3.8) is 0 Å². The summed E-state index contributed by atoms with van der Waals surface area (Å²) in [6, 6.07) is 3.48. The highest BCUT2D eigenvalue weighted by molar-refractivity contribution is 7.93. The molecule has 1 aliphatic carbocycles. The molecule has 1 aliphatic rings. The number of sulfonamides is 1. The maximum atomic E-state index is 12.4. The third-order valence-electron chi connectivity index (χ3n) is 3.72. The number of rotatable bonds is 7. The largest absolute Gasteiger partial charge is 0.435 e. The molecule has 0 radical (unpaired) electrons. The van der Waals surface area contributed by atoms with Gasteiger partial charge < -0.3 is 10.1 Å². The Morgan fingerprint density at radius 3 is 2.68 bits per heavy atom. The number of likely N-dealkylation sites (N-methyl/N-ethyl adjacent to an activating group) is 1. The van der Waals surface area contributed by atoms with Crippen molar-refractivity contribution in [1.29, 1.82) is 0 Å². The molecule has 2 rings (SSSR count). The van der Waals surface area contributed by atoms with Crippen LogP contribution in [0.2, 0.25) is 0 Å². The summed E-state index contributed by atoms with van der Waals surface area (Å²) in [7, 11) is -3.82. The van der Waals surface area contributed by atoms with Crippen LogP contribution in [-0.2, 0) is 21.2 Å². The Morgan fingerprint density at radius 2 is 2.04 bits per heavy atom. The summed E-state index contributed by atoms with van der Waals surface area (Å²) < 4.78 is 56.1. The molecule has 6 nitrogen and oxygen atoms in total. The molecule has 0 spiro atoms. The monoisotopic (exact) mass is 374 g/mol. The average molecular weight is 374 g/mol. The van der Waals surface area contributed by atoms with Gasteiger partial charge in [0.15, 0.2) is 0 Å². The molecule has 25 heavy (non-hydrogen) atoms. The first kappa shape index (κ1) is 19.3. The van der Waals surface area contributed by atoms with Crippen molar-refractivity contribution in [3.8, 4) is 5.75 Å². The van der Waals surface area contributed by atoms with Crippen LogP contribution in [0.5, 0.6) is 5.75 Å². The minimum atomic E-state index is -3.82. The summed E-state index contributed by atoms with van der Waals surface area (Å²) in [5.74, 6) is -0.367. The number of allylic oxidation sites excluding steroid dienone is 1. The van der Waals surface area contributed by atoms with E-state index in [1.54, 1.807) is 6.92 Å². The molecule has 0 bridgehead atoms. The molecule has 0 saturated heterocycles. The second-order valence-corrected chi connectivity index (χ2v) is 7.35. The predicted molar refractivity (Wildman–Crippen MR) is 89.6 cm³/mol. The van der Waals surface area contributed by atoms with E-state index < -0.39 is 28.6 Å². The van der Waals surface area contributed by atoms with Crippen molar-refractivity contribution in [1.82, 2.24) is 10.0 Å². The van der Waals surface area contributed by atoms with Gasteiger partial charge in [-0.05, 0) is 56.0 Å². The lowest BCUT2D eigenvalue weighted by Crippen LogP contribution is -2.45. The zero-order valence-corrected chi connectivity index (χ0v) is 14.7. The minimum absolute atomic E-state index is 0.0384. The van der Waals surface area contributed by atoms with Crippen LogP contribution in [0.1, 0.15) is 31.4 Å². The Labute approximate surface area is 145 Å². The molecule has 138 valence electrons. The molecule has 0 aromatic heterocycles. The Balaban J connectivity index is 2.18. The van der Waals surface area contributed by atoms with Gasteiger partial charge in [0, 0.05) is 6.54 Å². The lowest BCUT2D eigenvalue weighted by Gasteiger charge is -2.20. The molecule has 0 fully saturated rings. The number of halogens is 2. The highest BCUT2D eigenvalue weighted by Gasteiger charge is 2.26. The third kappa shape index (κ3) is 4.99. The van der Waals surface area contributed by atoms with E-state index in [4.69, 9.17) is 0 Å². The van der Waals surface area contributed by atoms with Crippen LogP contribution in [0.25, 0.3) is 6.08 Å². The Kier molecular flexibility index (Phi) is 6.12. The Morgan fingerprint density at radius 1 is 1.32 bits per heavy atom. The molecule has 0 aliphatic heterocycles. The lowest BCUT2D eigenvalue weighted by molar-refractivity contribution is -0.122. The molecule has 2 N–H and O–H groups in total. The standard InChI is InChI=1S/C16H20F2N2O4S/c1-3-19-15(21)10(2)20-25(22,23)14-7-5-11-8-13(24-16(17)18)6-4-12(11)9-14/h4,6,8-10,16,20H,3,5,7H2,1-2H3,(H,19,21). The van der Waals surface area contributed by atoms with Crippen LogP contribution in [-0.4, -0.2) is 33.5 Å². The van der Waals surface area contributed by atoms with Crippen LogP contribution in [0.4, 0.5) is 8.78 Å². The van der Waals surface area contributed by atoms with E-state index in [0.717, 1.165) is 5.56 Å². The average Bonchev–Trinajstić information content (AvgIpc) is 2.53. The van der Waals surface area contributed by atoms with Gasteiger partial charge in [0.25, 0.3) is 0 Å². The highest BCUT2D eigenvalue weighted by atomic mass is 32.2. The number of carbonyl (C=O) groups excluding carboxylic acids is 1. The van der Waals surface area contributed by atoms with E-state index in [1.807, 2.05) is 0 Å².